The minimum atomic E-state index is 0.352. The molecule has 5 N–H and O–H groups in total. The van der Waals surface area contributed by atoms with Crippen LogP contribution < -0.4 is 17.0 Å². The molecule has 0 bridgehead atoms. The summed E-state index contributed by atoms with van der Waals surface area (Å²) in [7, 11) is 0. The second kappa shape index (κ2) is 5.35. The van der Waals surface area contributed by atoms with Gasteiger partial charge in [-0.1, -0.05) is 26.7 Å². The van der Waals surface area contributed by atoms with Gasteiger partial charge in [-0.05, 0) is 30.6 Å². The van der Waals surface area contributed by atoms with Gasteiger partial charge in [0.15, 0.2) is 0 Å². The van der Waals surface area contributed by atoms with E-state index in [4.69, 9.17) is 11.6 Å². The van der Waals surface area contributed by atoms with Crippen LogP contribution in [-0.4, -0.2) is 12.5 Å². The number of hydrogen-bond donors (Lipinski definition) is 3. The maximum Gasteiger partial charge on any atom is 0.203 e. The Kier molecular flexibility index (Phi) is 4.39. The number of nitrogens with one attached hydrogen (secondary N) is 1. The zero-order chi connectivity index (χ0) is 11.3. The summed E-state index contributed by atoms with van der Waals surface area (Å²) in [6.07, 6.45) is 6.48. The molecule has 0 saturated heterocycles. The van der Waals surface area contributed by atoms with E-state index < -0.39 is 0 Å². The third kappa shape index (κ3) is 3.70. The van der Waals surface area contributed by atoms with Gasteiger partial charge in [-0.15, -0.1) is 0 Å². The minimum Gasteiger partial charge on any atom is -0.369 e. The molecule has 0 aromatic heterocycles. The number of nitrogens with two attached hydrogens (primary N) is 2. The van der Waals surface area contributed by atoms with E-state index in [1.165, 1.54) is 32.1 Å². The average molecular weight is 212 g/mol. The number of guanidine groups is 1. The number of rotatable bonds is 4. The van der Waals surface area contributed by atoms with Crippen molar-refractivity contribution in [1.82, 2.24) is 5.43 Å². The molecule has 0 amide bonds. The molecule has 0 atom stereocenters. The molecule has 88 valence electrons. The molecule has 1 rings (SSSR count). The Morgan fingerprint density at radius 2 is 2.00 bits per heavy atom. The van der Waals surface area contributed by atoms with Crippen molar-refractivity contribution in [2.24, 2.45) is 27.9 Å². The second-order valence-electron chi connectivity index (χ2n) is 5.15. The van der Waals surface area contributed by atoms with Crippen LogP contribution in [0, 0.1) is 11.3 Å². The fourth-order valence-corrected chi connectivity index (χ4v) is 2.72. The average Bonchev–Trinajstić information content (AvgIpc) is 2.62. The van der Waals surface area contributed by atoms with Gasteiger partial charge >= 0.3 is 0 Å². The lowest BCUT2D eigenvalue weighted by molar-refractivity contribution is 0.245. The maximum absolute atomic E-state index is 5.55. The Balaban J connectivity index is 2.57. The Morgan fingerprint density at radius 1 is 1.40 bits per heavy atom. The van der Waals surface area contributed by atoms with Gasteiger partial charge in [0.25, 0.3) is 0 Å². The van der Waals surface area contributed by atoms with Gasteiger partial charge in [-0.25, -0.2) is 5.84 Å². The topological polar surface area (TPSA) is 76.4 Å². The van der Waals surface area contributed by atoms with Crippen molar-refractivity contribution in [3.05, 3.63) is 0 Å². The van der Waals surface area contributed by atoms with Crippen LogP contribution in [0.1, 0.15) is 46.0 Å². The Hall–Kier alpha value is -0.770. The predicted molar refractivity (Wildman–Crippen MR) is 64.2 cm³/mol. The van der Waals surface area contributed by atoms with Crippen molar-refractivity contribution in [2.45, 2.75) is 46.0 Å². The van der Waals surface area contributed by atoms with Crippen molar-refractivity contribution in [1.29, 1.82) is 0 Å². The Labute approximate surface area is 92.5 Å². The number of aliphatic imine (C=N–C) groups is 1. The molecule has 0 spiro atoms. The lowest BCUT2D eigenvalue weighted by atomic mass is 9.78. The highest BCUT2D eigenvalue weighted by molar-refractivity contribution is 5.77. The van der Waals surface area contributed by atoms with Crippen LogP contribution in [0.15, 0.2) is 4.99 Å². The molecule has 0 aromatic carbocycles. The van der Waals surface area contributed by atoms with E-state index in [0.29, 0.717) is 11.4 Å². The monoisotopic (exact) mass is 212 g/mol. The van der Waals surface area contributed by atoms with E-state index >= 15 is 0 Å². The molecule has 1 aliphatic carbocycles. The van der Waals surface area contributed by atoms with Gasteiger partial charge in [-0.2, -0.15) is 0 Å². The van der Waals surface area contributed by atoms with E-state index in [1.54, 1.807) is 0 Å². The molecule has 1 aliphatic rings. The van der Waals surface area contributed by atoms with Crippen LogP contribution >= 0.6 is 0 Å². The third-order valence-corrected chi connectivity index (χ3v) is 3.24. The normalized spacial score (nSPS) is 20.9. The van der Waals surface area contributed by atoms with Crippen molar-refractivity contribution >= 4 is 5.96 Å². The van der Waals surface area contributed by atoms with Crippen molar-refractivity contribution in [3.8, 4) is 0 Å². The molecule has 0 aliphatic heterocycles. The van der Waals surface area contributed by atoms with Gasteiger partial charge < -0.3 is 5.73 Å². The van der Waals surface area contributed by atoms with Crippen LogP contribution in [0.2, 0.25) is 0 Å². The molecular weight excluding hydrogens is 188 g/mol. The molecule has 15 heavy (non-hydrogen) atoms. The van der Waals surface area contributed by atoms with Gasteiger partial charge in [0.05, 0.1) is 0 Å². The summed E-state index contributed by atoms with van der Waals surface area (Å²) in [6.45, 7) is 5.36. The molecule has 0 aromatic rings. The summed E-state index contributed by atoms with van der Waals surface area (Å²) in [4.78, 5) is 4.31. The highest BCUT2D eigenvalue weighted by atomic mass is 15.3. The van der Waals surface area contributed by atoms with Crippen molar-refractivity contribution in [2.75, 3.05) is 6.54 Å². The Morgan fingerprint density at radius 3 is 2.47 bits per heavy atom. The summed E-state index contributed by atoms with van der Waals surface area (Å²) < 4.78 is 0. The quantitative estimate of drug-likeness (QED) is 0.285. The molecule has 0 heterocycles. The van der Waals surface area contributed by atoms with Crippen molar-refractivity contribution < 1.29 is 0 Å². The first-order valence-corrected chi connectivity index (χ1v) is 5.84. The molecule has 4 nitrogen and oxygen atoms in total. The van der Waals surface area contributed by atoms with E-state index in [-0.39, 0.29) is 0 Å². The number of nitrogens with zero attached hydrogens (tertiary/aromatic N) is 1. The maximum atomic E-state index is 5.55. The first-order chi connectivity index (χ1) is 7.08. The third-order valence-electron chi connectivity index (χ3n) is 3.24. The van der Waals surface area contributed by atoms with Crippen molar-refractivity contribution in [3.63, 3.8) is 0 Å². The number of hydrogen-bond acceptors (Lipinski definition) is 2. The number of hydrazine groups is 1. The Bertz CT molecular complexity index is 217. The largest absolute Gasteiger partial charge is 0.369 e. The van der Waals surface area contributed by atoms with E-state index in [9.17, 15) is 0 Å². The van der Waals surface area contributed by atoms with Crippen LogP contribution in [-0.2, 0) is 0 Å². The lowest BCUT2D eigenvalue weighted by Gasteiger charge is -2.29. The minimum absolute atomic E-state index is 0.352. The summed E-state index contributed by atoms with van der Waals surface area (Å²) in [6, 6.07) is 0. The van der Waals surface area contributed by atoms with Crippen LogP contribution in [0.4, 0.5) is 0 Å². The molecule has 1 saturated carbocycles. The SMILES string of the molecule is CC(C)CC1(CN=C(N)NN)CCCC1. The van der Waals surface area contributed by atoms with Gasteiger partial charge in [0, 0.05) is 6.54 Å². The molecule has 0 radical (unpaired) electrons. The van der Waals surface area contributed by atoms with Gasteiger partial charge in [-0.3, -0.25) is 10.4 Å². The smallest absolute Gasteiger partial charge is 0.203 e. The van der Waals surface area contributed by atoms with Crippen LogP contribution in [0.3, 0.4) is 0 Å². The van der Waals surface area contributed by atoms with E-state index in [0.717, 1.165) is 12.5 Å². The van der Waals surface area contributed by atoms with Gasteiger partial charge in [0.1, 0.15) is 0 Å². The zero-order valence-corrected chi connectivity index (χ0v) is 9.92. The molecule has 1 fully saturated rings. The highest BCUT2D eigenvalue weighted by Crippen LogP contribution is 2.43. The molecular formula is C11H24N4. The van der Waals surface area contributed by atoms with Gasteiger partial charge in [0.2, 0.25) is 5.96 Å². The molecule has 4 heteroatoms. The second-order valence-corrected chi connectivity index (χ2v) is 5.15. The van der Waals surface area contributed by atoms with E-state index in [2.05, 4.69) is 24.3 Å². The standard InChI is InChI=1S/C11H24N4/c1-9(2)7-11(5-3-4-6-11)8-14-10(12)15-13/h9H,3-8,13H2,1-2H3,(H3,12,14,15). The van der Waals surface area contributed by atoms with Crippen LogP contribution in [0.25, 0.3) is 0 Å². The molecule has 0 unspecified atom stereocenters. The van der Waals surface area contributed by atoms with E-state index in [1.807, 2.05) is 0 Å². The highest BCUT2D eigenvalue weighted by Gasteiger charge is 2.34. The fourth-order valence-electron chi connectivity index (χ4n) is 2.72. The summed E-state index contributed by atoms with van der Waals surface area (Å²) >= 11 is 0. The summed E-state index contributed by atoms with van der Waals surface area (Å²) in [5.74, 6) is 6.27. The predicted octanol–water partition coefficient (Wildman–Crippen LogP) is 1.37. The first kappa shape index (κ1) is 12.3. The fraction of sp³-hybridized carbons (Fsp3) is 0.909. The lowest BCUT2D eigenvalue weighted by Crippen LogP contribution is -2.38. The zero-order valence-electron chi connectivity index (χ0n) is 9.92. The summed E-state index contributed by atoms with van der Waals surface area (Å²) in [5.41, 5.74) is 8.33. The van der Waals surface area contributed by atoms with Crippen LogP contribution in [0.5, 0.6) is 0 Å². The first-order valence-electron chi connectivity index (χ1n) is 5.84. The summed E-state index contributed by atoms with van der Waals surface area (Å²) in [5, 5.41) is 0.